The number of carbonyl (C=O) groups excluding carboxylic acids is 2. The predicted molar refractivity (Wildman–Crippen MR) is 96.2 cm³/mol. The fourth-order valence-corrected chi connectivity index (χ4v) is 2.81. The largest absolute Gasteiger partial charge is 0.494 e. The molecule has 1 amide bonds. The van der Waals surface area contributed by atoms with Crippen LogP contribution in [0.15, 0.2) is 36.4 Å². The van der Waals surface area contributed by atoms with Crippen molar-refractivity contribution in [2.45, 2.75) is 6.54 Å². The first-order valence-corrected chi connectivity index (χ1v) is 8.26. The summed E-state index contributed by atoms with van der Waals surface area (Å²) >= 11 is 11.9. The van der Waals surface area contributed by atoms with Crippen LogP contribution in [0.4, 0.5) is 4.39 Å². The lowest BCUT2D eigenvalue weighted by Crippen LogP contribution is -2.31. The van der Waals surface area contributed by atoms with E-state index in [1.807, 2.05) is 0 Å². The van der Waals surface area contributed by atoms with Crippen molar-refractivity contribution in [1.29, 1.82) is 0 Å². The number of carbonyl (C=O) groups is 2. The second kappa shape index (κ2) is 8.87. The Kier molecular flexibility index (Phi) is 6.83. The molecule has 5 nitrogen and oxygen atoms in total. The average Bonchev–Trinajstić information content (AvgIpc) is 2.60. The van der Waals surface area contributed by atoms with E-state index in [1.165, 1.54) is 37.3 Å². The quantitative estimate of drug-likeness (QED) is 0.689. The first-order chi connectivity index (χ1) is 12.3. The van der Waals surface area contributed by atoms with Crippen LogP contribution in [0, 0.1) is 5.82 Å². The number of rotatable bonds is 6. The summed E-state index contributed by atoms with van der Waals surface area (Å²) in [6, 6.07) is 8.79. The van der Waals surface area contributed by atoms with Gasteiger partial charge in [-0.3, -0.25) is 4.79 Å². The SMILES string of the molecule is COc1c(Cl)cc(C(=O)OCC(=O)N(C)Cc2ccccc2F)cc1Cl. The van der Waals surface area contributed by atoms with Crippen LogP contribution in [0.3, 0.4) is 0 Å². The Morgan fingerprint density at radius 1 is 1.15 bits per heavy atom. The first kappa shape index (κ1) is 20.0. The second-order valence-electron chi connectivity index (χ2n) is 5.39. The Bertz CT molecular complexity index is 806. The maximum Gasteiger partial charge on any atom is 0.338 e. The highest BCUT2D eigenvalue weighted by molar-refractivity contribution is 6.37. The van der Waals surface area contributed by atoms with Gasteiger partial charge in [0.2, 0.25) is 0 Å². The summed E-state index contributed by atoms with van der Waals surface area (Å²) in [7, 11) is 2.89. The van der Waals surface area contributed by atoms with Crippen LogP contribution in [0.1, 0.15) is 15.9 Å². The zero-order chi connectivity index (χ0) is 19.3. The standard InChI is InChI=1S/C18H16Cl2FNO4/c1-22(9-11-5-3-4-6-15(11)21)16(23)10-26-18(24)12-7-13(19)17(25-2)14(20)8-12/h3-8H,9-10H2,1-2H3. The number of methoxy groups -OCH3 is 1. The van der Waals surface area contributed by atoms with Crippen LogP contribution in [-0.2, 0) is 16.1 Å². The van der Waals surface area contributed by atoms with Crippen LogP contribution >= 0.6 is 23.2 Å². The van der Waals surface area contributed by atoms with Gasteiger partial charge in [0.05, 0.1) is 22.7 Å². The number of hydrogen-bond donors (Lipinski definition) is 0. The third kappa shape index (κ3) is 4.86. The molecule has 8 heteroatoms. The molecule has 0 aliphatic carbocycles. The third-order valence-electron chi connectivity index (χ3n) is 3.56. The highest BCUT2D eigenvalue weighted by Gasteiger charge is 2.17. The summed E-state index contributed by atoms with van der Waals surface area (Å²) in [6.07, 6.45) is 0. The fraction of sp³-hybridized carbons (Fsp3) is 0.222. The van der Waals surface area contributed by atoms with Gasteiger partial charge in [-0.25, -0.2) is 9.18 Å². The van der Waals surface area contributed by atoms with Crippen LogP contribution in [0.2, 0.25) is 10.0 Å². The molecule has 0 saturated heterocycles. The van der Waals surface area contributed by atoms with Crippen molar-refractivity contribution in [2.75, 3.05) is 20.8 Å². The van der Waals surface area contributed by atoms with E-state index in [9.17, 15) is 14.0 Å². The number of ether oxygens (including phenoxy) is 2. The van der Waals surface area contributed by atoms with Gasteiger partial charge in [0.25, 0.3) is 5.91 Å². The lowest BCUT2D eigenvalue weighted by Gasteiger charge is -2.17. The van der Waals surface area contributed by atoms with Gasteiger partial charge in [-0.1, -0.05) is 41.4 Å². The fourth-order valence-electron chi connectivity index (χ4n) is 2.16. The number of hydrogen-bond acceptors (Lipinski definition) is 4. The first-order valence-electron chi connectivity index (χ1n) is 7.51. The molecule has 2 aromatic carbocycles. The van der Waals surface area contributed by atoms with E-state index in [1.54, 1.807) is 18.2 Å². The number of nitrogens with zero attached hydrogens (tertiary/aromatic N) is 1. The number of amides is 1. The van der Waals surface area contributed by atoms with Crippen molar-refractivity contribution < 1.29 is 23.5 Å². The van der Waals surface area contributed by atoms with Crippen LogP contribution in [0.25, 0.3) is 0 Å². The summed E-state index contributed by atoms with van der Waals surface area (Å²) < 4.78 is 23.6. The van der Waals surface area contributed by atoms with E-state index in [0.717, 1.165) is 0 Å². The Morgan fingerprint density at radius 3 is 2.35 bits per heavy atom. The molecule has 0 aliphatic heterocycles. The molecule has 0 heterocycles. The van der Waals surface area contributed by atoms with Crippen molar-refractivity contribution in [2.24, 2.45) is 0 Å². The van der Waals surface area contributed by atoms with E-state index in [-0.39, 0.29) is 27.9 Å². The molecule has 26 heavy (non-hydrogen) atoms. The molecule has 0 bridgehead atoms. The number of likely N-dealkylation sites (N-methyl/N-ethyl adjacent to an activating group) is 1. The zero-order valence-electron chi connectivity index (χ0n) is 14.1. The minimum absolute atomic E-state index is 0.0588. The molecule has 0 aliphatic rings. The summed E-state index contributed by atoms with van der Waals surface area (Å²) in [4.78, 5) is 25.4. The van der Waals surface area contributed by atoms with Crippen molar-refractivity contribution in [1.82, 2.24) is 4.90 Å². The van der Waals surface area contributed by atoms with Crippen LogP contribution in [-0.4, -0.2) is 37.5 Å². The summed E-state index contributed by atoms with van der Waals surface area (Å²) in [5, 5.41) is 0.296. The average molecular weight is 400 g/mol. The summed E-state index contributed by atoms with van der Waals surface area (Å²) in [5.74, 6) is -1.41. The van der Waals surface area contributed by atoms with Crippen molar-refractivity contribution in [3.63, 3.8) is 0 Å². The zero-order valence-corrected chi connectivity index (χ0v) is 15.6. The van der Waals surface area contributed by atoms with E-state index in [2.05, 4.69) is 0 Å². The molecule has 2 aromatic rings. The highest BCUT2D eigenvalue weighted by Crippen LogP contribution is 2.33. The van der Waals surface area contributed by atoms with E-state index < -0.39 is 24.3 Å². The van der Waals surface area contributed by atoms with Crippen molar-refractivity contribution in [3.05, 3.63) is 63.4 Å². The lowest BCUT2D eigenvalue weighted by molar-refractivity contribution is -0.133. The Hall–Kier alpha value is -2.31. The minimum Gasteiger partial charge on any atom is -0.494 e. The number of halogens is 3. The normalized spacial score (nSPS) is 10.3. The molecule has 2 rings (SSSR count). The molecule has 0 radical (unpaired) electrons. The van der Waals surface area contributed by atoms with Gasteiger partial charge < -0.3 is 14.4 Å². The van der Waals surface area contributed by atoms with Gasteiger partial charge in [-0.15, -0.1) is 0 Å². The monoisotopic (exact) mass is 399 g/mol. The molecular weight excluding hydrogens is 384 g/mol. The second-order valence-corrected chi connectivity index (χ2v) is 6.20. The maximum absolute atomic E-state index is 13.6. The third-order valence-corrected chi connectivity index (χ3v) is 4.12. The van der Waals surface area contributed by atoms with E-state index >= 15 is 0 Å². The summed E-state index contributed by atoms with van der Waals surface area (Å²) in [5.41, 5.74) is 0.453. The van der Waals surface area contributed by atoms with Gasteiger partial charge >= 0.3 is 5.97 Å². The van der Waals surface area contributed by atoms with Crippen LogP contribution in [0.5, 0.6) is 5.75 Å². The van der Waals surface area contributed by atoms with E-state index in [0.29, 0.717) is 5.56 Å². The Morgan fingerprint density at radius 2 is 1.77 bits per heavy atom. The molecular formula is C18H16Cl2FNO4. The Labute approximate surface area is 160 Å². The molecule has 0 spiro atoms. The lowest BCUT2D eigenvalue weighted by atomic mass is 10.2. The molecule has 0 atom stereocenters. The summed E-state index contributed by atoms with van der Waals surface area (Å²) in [6.45, 7) is -0.436. The van der Waals surface area contributed by atoms with Gasteiger partial charge in [-0.05, 0) is 18.2 Å². The maximum atomic E-state index is 13.6. The predicted octanol–water partition coefficient (Wildman–Crippen LogP) is 3.96. The smallest absolute Gasteiger partial charge is 0.338 e. The van der Waals surface area contributed by atoms with Gasteiger partial charge in [0, 0.05) is 19.2 Å². The van der Waals surface area contributed by atoms with Gasteiger partial charge in [0.1, 0.15) is 5.82 Å². The molecule has 0 saturated carbocycles. The highest BCUT2D eigenvalue weighted by atomic mass is 35.5. The van der Waals surface area contributed by atoms with Crippen LogP contribution < -0.4 is 4.74 Å². The van der Waals surface area contributed by atoms with E-state index in [4.69, 9.17) is 32.7 Å². The molecule has 138 valence electrons. The van der Waals surface area contributed by atoms with Crippen molar-refractivity contribution >= 4 is 35.1 Å². The molecule has 0 N–H and O–H groups in total. The van der Waals surface area contributed by atoms with Gasteiger partial charge in [-0.2, -0.15) is 0 Å². The minimum atomic E-state index is -0.760. The topological polar surface area (TPSA) is 55.8 Å². The number of esters is 1. The Balaban J connectivity index is 1.96. The molecule has 0 fully saturated rings. The van der Waals surface area contributed by atoms with Gasteiger partial charge in [0.15, 0.2) is 12.4 Å². The molecule has 0 unspecified atom stereocenters. The number of benzene rings is 2. The van der Waals surface area contributed by atoms with Crippen molar-refractivity contribution in [3.8, 4) is 5.75 Å². The molecule has 0 aromatic heterocycles.